The number of pyridine rings is 1. The Bertz CT molecular complexity index is 821. The summed E-state index contributed by atoms with van der Waals surface area (Å²) in [5.74, 6) is 1.48. The van der Waals surface area contributed by atoms with Gasteiger partial charge in [0.05, 0.1) is 34.5 Å². The zero-order valence-corrected chi connectivity index (χ0v) is 16.4. The van der Waals surface area contributed by atoms with Gasteiger partial charge in [0.15, 0.2) is 11.5 Å². The Hall–Kier alpha value is -3.00. The van der Waals surface area contributed by atoms with Crippen LogP contribution in [-0.2, 0) is 11.3 Å². The molecule has 1 aliphatic rings. The fourth-order valence-electron chi connectivity index (χ4n) is 3.06. The van der Waals surface area contributed by atoms with Crippen LogP contribution in [0.15, 0.2) is 30.5 Å². The normalized spacial score (nSPS) is 13.8. The zero-order chi connectivity index (χ0) is 19.9. The van der Waals surface area contributed by atoms with Crippen LogP contribution in [0.4, 0.5) is 5.69 Å². The molecule has 2 heterocycles. The molecule has 0 spiro atoms. The second kappa shape index (κ2) is 9.27. The van der Waals surface area contributed by atoms with Crippen molar-refractivity contribution in [3.63, 3.8) is 0 Å². The fraction of sp³-hybridized carbons (Fsp3) is 0.400. The lowest BCUT2D eigenvalue weighted by Gasteiger charge is -2.28. The van der Waals surface area contributed by atoms with Crippen molar-refractivity contribution in [2.24, 2.45) is 0 Å². The molecule has 3 rings (SSSR count). The van der Waals surface area contributed by atoms with Gasteiger partial charge < -0.3 is 29.2 Å². The molecule has 0 bridgehead atoms. The highest BCUT2D eigenvalue weighted by atomic mass is 16.5. The summed E-state index contributed by atoms with van der Waals surface area (Å²) in [6, 6.07) is 7.22. The molecule has 0 unspecified atom stereocenters. The zero-order valence-electron chi connectivity index (χ0n) is 16.4. The highest BCUT2D eigenvalue weighted by Gasteiger charge is 2.16. The number of rotatable bonds is 7. The van der Waals surface area contributed by atoms with E-state index in [9.17, 15) is 4.79 Å². The Morgan fingerprint density at radius 3 is 2.43 bits per heavy atom. The number of amides is 1. The number of anilines is 1. The van der Waals surface area contributed by atoms with Gasteiger partial charge in [0.2, 0.25) is 0 Å². The molecule has 1 N–H and O–H groups in total. The van der Waals surface area contributed by atoms with Crippen LogP contribution in [0, 0.1) is 0 Å². The predicted octanol–water partition coefficient (Wildman–Crippen LogP) is 1.87. The molecule has 1 amide bonds. The second-order valence-corrected chi connectivity index (χ2v) is 6.20. The maximum atomic E-state index is 12.6. The molecule has 28 heavy (non-hydrogen) atoms. The van der Waals surface area contributed by atoms with Crippen molar-refractivity contribution in [3.05, 3.63) is 41.7 Å². The number of benzene rings is 1. The molecule has 1 aromatic carbocycles. The van der Waals surface area contributed by atoms with Gasteiger partial charge in [-0.3, -0.25) is 9.78 Å². The number of carbonyl (C=O) groups excluding carboxylic acids is 1. The first-order valence-corrected chi connectivity index (χ1v) is 9.02. The molecule has 1 aliphatic heterocycles. The number of carbonyl (C=O) groups is 1. The molecule has 1 aromatic heterocycles. The maximum Gasteiger partial charge on any atom is 0.270 e. The third-order valence-electron chi connectivity index (χ3n) is 4.58. The van der Waals surface area contributed by atoms with Crippen LogP contribution < -0.4 is 24.4 Å². The van der Waals surface area contributed by atoms with E-state index in [0.29, 0.717) is 36.2 Å². The quantitative estimate of drug-likeness (QED) is 0.777. The Balaban J connectivity index is 1.72. The predicted molar refractivity (Wildman–Crippen MR) is 105 cm³/mol. The summed E-state index contributed by atoms with van der Waals surface area (Å²) in [5.41, 5.74) is 2.11. The monoisotopic (exact) mass is 387 g/mol. The molecule has 0 aliphatic carbocycles. The van der Waals surface area contributed by atoms with E-state index in [1.54, 1.807) is 45.7 Å². The van der Waals surface area contributed by atoms with Gasteiger partial charge in [-0.25, -0.2) is 0 Å². The van der Waals surface area contributed by atoms with Crippen LogP contribution in [0.25, 0.3) is 0 Å². The largest absolute Gasteiger partial charge is 0.496 e. The van der Waals surface area contributed by atoms with Crippen molar-refractivity contribution in [2.75, 3.05) is 52.5 Å². The van der Waals surface area contributed by atoms with E-state index in [4.69, 9.17) is 18.9 Å². The van der Waals surface area contributed by atoms with Crippen LogP contribution in [0.3, 0.4) is 0 Å². The molecule has 2 aromatic rings. The first kappa shape index (κ1) is 19.8. The minimum absolute atomic E-state index is 0.257. The van der Waals surface area contributed by atoms with Gasteiger partial charge in [-0.15, -0.1) is 0 Å². The number of hydrogen-bond donors (Lipinski definition) is 1. The van der Waals surface area contributed by atoms with Crippen molar-refractivity contribution >= 4 is 11.6 Å². The van der Waals surface area contributed by atoms with Crippen LogP contribution in [0.1, 0.15) is 16.1 Å². The van der Waals surface area contributed by atoms with Crippen LogP contribution in [0.5, 0.6) is 17.2 Å². The lowest BCUT2D eigenvalue weighted by atomic mass is 10.1. The van der Waals surface area contributed by atoms with Gasteiger partial charge in [0.25, 0.3) is 5.91 Å². The minimum atomic E-state index is -0.257. The smallest absolute Gasteiger partial charge is 0.270 e. The number of nitrogens with zero attached hydrogens (tertiary/aromatic N) is 2. The summed E-state index contributed by atoms with van der Waals surface area (Å²) in [6.07, 6.45) is 1.65. The van der Waals surface area contributed by atoms with E-state index in [1.165, 1.54) is 0 Å². The van der Waals surface area contributed by atoms with Crippen molar-refractivity contribution in [2.45, 2.75) is 6.54 Å². The third-order valence-corrected chi connectivity index (χ3v) is 4.58. The number of ether oxygens (including phenoxy) is 4. The van der Waals surface area contributed by atoms with Gasteiger partial charge >= 0.3 is 0 Å². The van der Waals surface area contributed by atoms with E-state index in [2.05, 4.69) is 15.2 Å². The van der Waals surface area contributed by atoms with Crippen LogP contribution >= 0.6 is 0 Å². The average Bonchev–Trinajstić information content (AvgIpc) is 2.77. The molecular weight excluding hydrogens is 362 g/mol. The summed E-state index contributed by atoms with van der Waals surface area (Å²) in [6.45, 7) is 3.24. The Morgan fingerprint density at radius 2 is 1.75 bits per heavy atom. The molecule has 150 valence electrons. The molecule has 0 atom stereocenters. The summed E-state index contributed by atoms with van der Waals surface area (Å²) in [4.78, 5) is 19.0. The number of aromatic nitrogens is 1. The SMILES string of the molecule is COc1cc(OC)c(OC)cc1CNC(=O)c1cc(N2CCOCC2)ccn1. The molecule has 8 nitrogen and oxygen atoms in total. The highest BCUT2D eigenvalue weighted by molar-refractivity contribution is 5.93. The summed E-state index contributed by atoms with van der Waals surface area (Å²) >= 11 is 0. The van der Waals surface area contributed by atoms with E-state index in [1.807, 2.05) is 6.07 Å². The number of nitrogens with one attached hydrogen (secondary N) is 1. The third kappa shape index (κ3) is 4.45. The molecule has 8 heteroatoms. The van der Waals surface area contributed by atoms with Gasteiger partial charge in [0, 0.05) is 43.1 Å². The lowest BCUT2D eigenvalue weighted by molar-refractivity contribution is 0.0945. The summed E-state index contributed by atoms with van der Waals surface area (Å²) in [7, 11) is 4.69. The van der Waals surface area contributed by atoms with E-state index >= 15 is 0 Å². The maximum absolute atomic E-state index is 12.6. The first-order valence-electron chi connectivity index (χ1n) is 9.02. The standard InChI is InChI=1S/C20H25N3O5/c1-25-17-12-19(27-3)18(26-2)10-14(17)13-22-20(24)16-11-15(4-5-21-16)23-6-8-28-9-7-23/h4-5,10-12H,6-9,13H2,1-3H3,(H,22,24). The van der Waals surface area contributed by atoms with Crippen LogP contribution in [-0.4, -0.2) is 58.5 Å². The average molecular weight is 387 g/mol. The minimum Gasteiger partial charge on any atom is -0.496 e. The molecule has 0 radical (unpaired) electrons. The summed E-state index contributed by atoms with van der Waals surface area (Å²) < 4.78 is 21.4. The second-order valence-electron chi connectivity index (χ2n) is 6.20. The molecule has 1 saturated heterocycles. The Kier molecular flexibility index (Phi) is 6.54. The van der Waals surface area contributed by atoms with Gasteiger partial charge in [-0.05, 0) is 18.2 Å². The van der Waals surface area contributed by atoms with Crippen LogP contribution in [0.2, 0.25) is 0 Å². The van der Waals surface area contributed by atoms with E-state index in [0.717, 1.165) is 24.3 Å². The Labute approximate surface area is 164 Å². The molecule has 0 saturated carbocycles. The van der Waals surface area contributed by atoms with Crippen molar-refractivity contribution in [1.82, 2.24) is 10.3 Å². The number of morpholine rings is 1. The van der Waals surface area contributed by atoms with E-state index in [-0.39, 0.29) is 12.5 Å². The topological polar surface area (TPSA) is 82.2 Å². The number of hydrogen-bond acceptors (Lipinski definition) is 7. The molecule has 1 fully saturated rings. The molecular formula is C20H25N3O5. The van der Waals surface area contributed by atoms with Crippen molar-refractivity contribution < 1.29 is 23.7 Å². The summed E-state index contributed by atoms with van der Waals surface area (Å²) in [5, 5.41) is 2.89. The Morgan fingerprint density at radius 1 is 1.07 bits per heavy atom. The van der Waals surface area contributed by atoms with Crippen molar-refractivity contribution in [1.29, 1.82) is 0 Å². The van der Waals surface area contributed by atoms with E-state index < -0.39 is 0 Å². The fourth-order valence-corrected chi connectivity index (χ4v) is 3.06. The highest BCUT2D eigenvalue weighted by Crippen LogP contribution is 2.34. The van der Waals surface area contributed by atoms with Gasteiger partial charge in [-0.2, -0.15) is 0 Å². The van der Waals surface area contributed by atoms with Gasteiger partial charge in [-0.1, -0.05) is 0 Å². The first-order chi connectivity index (χ1) is 13.7. The van der Waals surface area contributed by atoms with Gasteiger partial charge in [0.1, 0.15) is 11.4 Å². The van der Waals surface area contributed by atoms with Crippen molar-refractivity contribution in [3.8, 4) is 17.2 Å². The number of methoxy groups -OCH3 is 3. The lowest BCUT2D eigenvalue weighted by Crippen LogP contribution is -2.36.